The number of pyridine rings is 1. The Morgan fingerprint density at radius 1 is 0.964 bits per heavy atom. The molecular formula is C23H18N2O3. The molecule has 0 aliphatic carbocycles. The number of anilines is 1. The first-order valence-electron chi connectivity index (χ1n) is 8.94. The van der Waals surface area contributed by atoms with Crippen molar-refractivity contribution in [2.24, 2.45) is 0 Å². The quantitative estimate of drug-likeness (QED) is 0.576. The van der Waals surface area contributed by atoms with E-state index in [9.17, 15) is 14.7 Å². The van der Waals surface area contributed by atoms with Crippen LogP contribution in [-0.2, 0) is 4.79 Å². The summed E-state index contributed by atoms with van der Waals surface area (Å²) in [5.41, 5.74) is 2.76. The number of amides is 1. The molecule has 0 aliphatic rings. The molecule has 5 nitrogen and oxygen atoms in total. The van der Waals surface area contributed by atoms with Gasteiger partial charge in [-0.15, -0.1) is 0 Å². The summed E-state index contributed by atoms with van der Waals surface area (Å²) in [6.45, 7) is 1.39. The van der Waals surface area contributed by atoms with Crippen molar-refractivity contribution in [3.8, 4) is 11.1 Å². The van der Waals surface area contributed by atoms with E-state index < -0.39 is 12.0 Å². The Labute approximate surface area is 161 Å². The number of benzene rings is 2. The maximum Gasteiger partial charge on any atom is 0.252 e. The highest BCUT2D eigenvalue weighted by molar-refractivity contribution is 5.98. The minimum absolute atomic E-state index is 0.159. The fourth-order valence-electron chi connectivity index (χ4n) is 3.12. The van der Waals surface area contributed by atoms with E-state index in [1.807, 2.05) is 48.5 Å². The number of aliphatic hydroxyl groups excluding tert-OH is 1. The number of aromatic nitrogens is 1. The molecule has 4 aromatic rings. The first-order valence-corrected chi connectivity index (χ1v) is 8.94. The van der Waals surface area contributed by atoms with Crippen molar-refractivity contribution in [2.75, 3.05) is 5.32 Å². The largest absolute Gasteiger partial charge is 0.384 e. The van der Waals surface area contributed by atoms with Crippen LogP contribution in [0.2, 0.25) is 0 Å². The number of hydrogen-bond acceptors (Lipinski definition) is 4. The lowest BCUT2D eigenvalue weighted by atomic mass is 10.1. The number of hydrogen-bond donors (Lipinski definition) is 2. The van der Waals surface area contributed by atoms with Crippen LogP contribution >= 0.6 is 0 Å². The maximum absolute atomic E-state index is 13.2. The SMILES string of the molecule is CC(O)C(=O)Nc1ccc2ccc3ncc(-c4ccccc4)cc3c(=O)c2c1. The van der Waals surface area contributed by atoms with Gasteiger partial charge in [0.2, 0.25) is 0 Å². The topological polar surface area (TPSA) is 79.3 Å². The lowest BCUT2D eigenvalue weighted by Crippen LogP contribution is -2.24. The molecule has 0 spiro atoms. The second-order valence-electron chi connectivity index (χ2n) is 6.65. The lowest BCUT2D eigenvalue weighted by Gasteiger charge is -2.07. The van der Waals surface area contributed by atoms with Gasteiger partial charge in [-0.2, -0.15) is 0 Å². The second-order valence-corrected chi connectivity index (χ2v) is 6.65. The third kappa shape index (κ3) is 3.35. The molecule has 0 saturated heterocycles. The highest BCUT2D eigenvalue weighted by Crippen LogP contribution is 2.23. The summed E-state index contributed by atoms with van der Waals surface area (Å²) in [6.07, 6.45) is 0.628. The first kappa shape index (κ1) is 17.8. The Morgan fingerprint density at radius 3 is 2.46 bits per heavy atom. The molecule has 0 bridgehead atoms. The molecular weight excluding hydrogens is 352 g/mol. The van der Waals surface area contributed by atoms with Crippen LogP contribution in [0.5, 0.6) is 0 Å². The maximum atomic E-state index is 13.2. The Hall–Kier alpha value is -3.57. The number of aliphatic hydroxyl groups is 1. The summed E-state index contributed by atoms with van der Waals surface area (Å²) in [4.78, 5) is 29.5. The highest BCUT2D eigenvalue weighted by atomic mass is 16.3. The predicted octanol–water partition coefficient (Wildman–Crippen LogP) is 3.73. The van der Waals surface area contributed by atoms with E-state index in [0.29, 0.717) is 22.0 Å². The van der Waals surface area contributed by atoms with Gasteiger partial charge in [-0.3, -0.25) is 14.6 Å². The molecule has 1 amide bonds. The minimum Gasteiger partial charge on any atom is -0.384 e. The van der Waals surface area contributed by atoms with Crippen LogP contribution in [0.15, 0.2) is 77.7 Å². The van der Waals surface area contributed by atoms with Gasteiger partial charge in [-0.05, 0) is 42.1 Å². The Balaban J connectivity index is 1.92. The molecule has 5 heteroatoms. The van der Waals surface area contributed by atoms with E-state index >= 15 is 0 Å². The molecule has 4 rings (SSSR count). The van der Waals surface area contributed by atoms with Gasteiger partial charge < -0.3 is 10.4 Å². The van der Waals surface area contributed by atoms with Crippen molar-refractivity contribution in [3.05, 3.63) is 83.2 Å². The first-order chi connectivity index (χ1) is 13.5. The van der Waals surface area contributed by atoms with Crippen LogP contribution in [-0.4, -0.2) is 22.1 Å². The number of nitrogens with one attached hydrogen (secondary N) is 1. The van der Waals surface area contributed by atoms with Crippen LogP contribution in [0.4, 0.5) is 5.69 Å². The monoisotopic (exact) mass is 370 g/mol. The van der Waals surface area contributed by atoms with Gasteiger partial charge in [-0.25, -0.2) is 0 Å². The van der Waals surface area contributed by atoms with Crippen molar-refractivity contribution < 1.29 is 9.90 Å². The van der Waals surface area contributed by atoms with Gasteiger partial charge in [0.15, 0.2) is 5.43 Å². The summed E-state index contributed by atoms with van der Waals surface area (Å²) in [5.74, 6) is -0.523. The van der Waals surface area contributed by atoms with Crippen molar-refractivity contribution in [2.45, 2.75) is 13.0 Å². The Morgan fingerprint density at radius 2 is 1.71 bits per heavy atom. The van der Waals surface area contributed by atoms with Gasteiger partial charge in [0.25, 0.3) is 5.91 Å². The predicted molar refractivity (Wildman–Crippen MR) is 111 cm³/mol. The Bertz CT molecular complexity index is 1250. The van der Waals surface area contributed by atoms with E-state index in [2.05, 4.69) is 10.3 Å². The summed E-state index contributed by atoms with van der Waals surface area (Å²) in [7, 11) is 0. The summed E-state index contributed by atoms with van der Waals surface area (Å²) < 4.78 is 0. The molecule has 0 radical (unpaired) electrons. The van der Waals surface area contributed by atoms with Gasteiger partial charge in [0.05, 0.1) is 5.52 Å². The van der Waals surface area contributed by atoms with Crippen LogP contribution in [0.1, 0.15) is 6.92 Å². The number of rotatable bonds is 3. The van der Waals surface area contributed by atoms with Crippen LogP contribution < -0.4 is 10.7 Å². The van der Waals surface area contributed by atoms with Crippen LogP contribution in [0.25, 0.3) is 32.8 Å². The second kappa shape index (κ2) is 7.21. The molecule has 138 valence electrons. The van der Waals surface area contributed by atoms with Gasteiger partial charge in [0, 0.05) is 28.2 Å². The summed E-state index contributed by atoms with van der Waals surface area (Å²) in [5, 5.41) is 13.7. The molecule has 0 saturated carbocycles. The van der Waals surface area contributed by atoms with E-state index in [1.54, 1.807) is 24.4 Å². The number of nitrogens with zero attached hydrogens (tertiary/aromatic N) is 1. The average molecular weight is 370 g/mol. The molecule has 1 aromatic heterocycles. The molecule has 28 heavy (non-hydrogen) atoms. The van der Waals surface area contributed by atoms with Crippen LogP contribution in [0.3, 0.4) is 0 Å². The Kier molecular flexibility index (Phi) is 4.59. The lowest BCUT2D eigenvalue weighted by molar-refractivity contribution is -0.123. The van der Waals surface area contributed by atoms with Gasteiger partial charge >= 0.3 is 0 Å². The minimum atomic E-state index is -1.13. The van der Waals surface area contributed by atoms with E-state index in [0.717, 1.165) is 16.5 Å². The molecule has 0 aliphatic heterocycles. The summed E-state index contributed by atoms with van der Waals surface area (Å²) in [6, 6.07) is 20.4. The van der Waals surface area contributed by atoms with E-state index in [1.165, 1.54) is 6.92 Å². The fraction of sp³-hybridized carbons (Fsp3) is 0.0870. The molecule has 1 unspecified atom stereocenters. The zero-order valence-electron chi connectivity index (χ0n) is 15.2. The molecule has 3 aromatic carbocycles. The highest BCUT2D eigenvalue weighted by Gasteiger charge is 2.11. The number of carbonyl (C=O) groups excluding carboxylic acids is 1. The molecule has 2 N–H and O–H groups in total. The standard InChI is InChI=1S/C23H18N2O3/c1-14(26)23(28)25-18-9-7-16-8-10-21-20(22(27)19(16)12-18)11-17(13-24-21)15-5-3-2-4-6-15/h2-14,26H,1H3,(H,25,28). The van der Waals surface area contributed by atoms with Gasteiger partial charge in [-0.1, -0.05) is 42.5 Å². The third-order valence-electron chi connectivity index (χ3n) is 4.64. The number of carbonyl (C=O) groups is 1. The zero-order valence-corrected chi connectivity index (χ0v) is 15.2. The van der Waals surface area contributed by atoms with Gasteiger partial charge in [0.1, 0.15) is 6.10 Å². The average Bonchev–Trinajstić information content (AvgIpc) is 2.85. The fourth-order valence-corrected chi connectivity index (χ4v) is 3.12. The molecule has 0 fully saturated rings. The van der Waals surface area contributed by atoms with E-state index in [4.69, 9.17) is 0 Å². The van der Waals surface area contributed by atoms with E-state index in [-0.39, 0.29) is 5.43 Å². The normalized spacial score (nSPS) is 12.1. The van der Waals surface area contributed by atoms with Crippen LogP contribution in [0, 0.1) is 0 Å². The molecule has 1 heterocycles. The van der Waals surface area contributed by atoms with Crippen molar-refractivity contribution >= 4 is 33.3 Å². The molecule has 1 atom stereocenters. The third-order valence-corrected chi connectivity index (χ3v) is 4.64. The number of fused-ring (bicyclic) bond motifs is 2. The smallest absolute Gasteiger partial charge is 0.252 e. The van der Waals surface area contributed by atoms with Crippen molar-refractivity contribution in [1.29, 1.82) is 0 Å². The van der Waals surface area contributed by atoms with Crippen molar-refractivity contribution in [3.63, 3.8) is 0 Å². The summed E-state index contributed by atoms with van der Waals surface area (Å²) >= 11 is 0. The zero-order chi connectivity index (χ0) is 19.7. The van der Waals surface area contributed by atoms with Crippen molar-refractivity contribution in [1.82, 2.24) is 4.98 Å².